The number of hydrogen-bond acceptors (Lipinski definition) is 4. The van der Waals surface area contributed by atoms with E-state index in [1.165, 1.54) is 16.7 Å². The Balaban J connectivity index is 2.02. The molecule has 0 spiro atoms. The number of ether oxygens (including phenoxy) is 1. The van der Waals surface area contributed by atoms with Crippen molar-refractivity contribution in [3.63, 3.8) is 0 Å². The van der Waals surface area contributed by atoms with Crippen LogP contribution < -0.4 is 9.64 Å². The lowest BCUT2D eigenvalue weighted by molar-refractivity contribution is -0.113. The van der Waals surface area contributed by atoms with E-state index in [1.807, 2.05) is 12.1 Å². The number of methoxy groups -OCH3 is 1. The Morgan fingerprint density at radius 1 is 1.28 bits per heavy atom. The fourth-order valence-corrected chi connectivity index (χ4v) is 5.24. The molecule has 128 valence electrons. The minimum atomic E-state index is -0.185. The minimum Gasteiger partial charge on any atom is -0.495 e. The molecule has 8 heteroatoms. The van der Waals surface area contributed by atoms with Crippen LogP contribution in [0.5, 0.6) is 5.75 Å². The van der Waals surface area contributed by atoms with Gasteiger partial charge in [0.1, 0.15) is 5.75 Å². The van der Waals surface area contributed by atoms with E-state index >= 15 is 0 Å². The molecular weight excluding hydrogens is 510 g/mol. The van der Waals surface area contributed by atoms with Crippen molar-refractivity contribution in [3.05, 3.63) is 60.8 Å². The molecule has 1 fully saturated rings. The second kappa shape index (κ2) is 7.80. The van der Waals surface area contributed by atoms with Gasteiger partial charge in [0.25, 0.3) is 5.91 Å². The van der Waals surface area contributed by atoms with Crippen LogP contribution in [0.1, 0.15) is 5.56 Å². The van der Waals surface area contributed by atoms with Crippen LogP contribution in [0.25, 0.3) is 6.08 Å². The van der Waals surface area contributed by atoms with Gasteiger partial charge in [-0.05, 0) is 52.3 Å². The van der Waals surface area contributed by atoms with Crippen molar-refractivity contribution >= 4 is 89.4 Å². The molecule has 25 heavy (non-hydrogen) atoms. The number of carbonyl (C=O) groups excluding carboxylic acids is 1. The lowest BCUT2D eigenvalue weighted by Crippen LogP contribution is -2.27. The highest BCUT2D eigenvalue weighted by Gasteiger charge is 2.33. The highest BCUT2D eigenvalue weighted by molar-refractivity contribution is 9.11. The van der Waals surface area contributed by atoms with E-state index in [0.717, 1.165) is 14.5 Å². The summed E-state index contributed by atoms with van der Waals surface area (Å²) in [4.78, 5) is 14.8. The molecule has 1 aliphatic rings. The Kier molecular flexibility index (Phi) is 5.90. The van der Waals surface area contributed by atoms with Gasteiger partial charge in [0.2, 0.25) is 0 Å². The van der Waals surface area contributed by atoms with Crippen molar-refractivity contribution in [2.45, 2.75) is 0 Å². The van der Waals surface area contributed by atoms with Gasteiger partial charge in [0.05, 0.1) is 22.2 Å². The first kappa shape index (κ1) is 18.9. The largest absolute Gasteiger partial charge is 0.495 e. The number of rotatable bonds is 3. The van der Waals surface area contributed by atoms with E-state index in [-0.39, 0.29) is 5.91 Å². The second-order valence-electron chi connectivity index (χ2n) is 5.01. The third kappa shape index (κ3) is 3.95. The van der Waals surface area contributed by atoms with Gasteiger partial charge in [0.15, 0.2) is 4.32 Å². The predicted octanol–water partition coefficient (Wildman–Crippen LogP) is 6.28. The van der Waals surface area contributed by atoms with Gasteiger partial charge in [-0.2, -0.15) is 0 Å². The molecule has 1 heterocycles. The number of thioether (sulfide) groups is 1. The number of thiocarbonyl (C=S) groups is 1. The number of halogens is 3. The molecular formula is C17H10Br2ClNO2S2. The molecule has 3 nitrogen and oxygen atoms in total. The average molecular weight is 520 g/mol. The van der Waals surface area contributed by atoms with E-state index in [0.29, 0.717) is 25.7 Å². The van der Waals surface area contributed by atoms with Gasteiger partial charge in [-0.15, -0.1) is 0 Å². The van der Waals surface area contributed by atoms with Gasteiger partial charge >= 0.3 is 0 Å². The molecule has 0 aromatic heterocycles. The first-order valence-electron chi connectivity index (χ1n) is 6.97. The summed E-state index contributed by atoms with van der Waals surface area (Å²) in [6.07, 6.45) is 1.78. The monoisotopic (exact) mass is 517 g/mol. The van der Waals surface area contributed by atoms with Crippen LogP contribution in [-0.2, 0) is 4.79 Å². The Hall–Kier alpha value is -0.860. The van der Waals surface area contributed by atoms with Crippen LogP contribution in [0, 0.1) is 0 Å². The smallest absolute Gasteiger partial charge is 0.270 e. The van der Waals surface area contributed by atoms with Crippen LogP contribution >= 0.6 is 67.4 Å². The lowest BCUT2D eigenvalue weighted by Gasteiger charge is -2.14. The summed E-state index contributed by atoms with van der Waals surface area (Å²) in [6, 6.07) is 10.8. The molecule has 2 aromatic rings. The highest BCUT2D eigenvalue weighted by Crippen LogP contribution is 2.40. The lowest BCUT2D eigenvalue weighted by atomic mass is 10.2. The number of nitrogens with zero attached hydrogens (tertiary/aromatic N) is 1. The third-order valence-corrected chi connectivity index (χ3v) is 5.97. The molecule has 0 bridgehead atoms. The Morgan fingerprint density at radius 3 is 2.72 bits per heavy atom. The molecule has 0 unspecified atom stereocenters. The van der Waals surface area contributed by atoms with Crippen molar-refractivity contribution < 1.29 is 9.53 Å². The summed E-state index contributed by atoms with van der Waals surface area (Å²) in [6.45, 7) is 0. The zero-order valence-electron chi connectivity index (χ0n) is 12.8. The molecule has 0 saturated carbocycles. The van der Waals surface area contributed by atoms with E-state index in [9.17, 15) is 4.79 Å². The van der Waals surface area contributed by atoms with Gasteiger partial charge in [-0.3, -0.25) is 9.69 Å². The maximum absolute atomic E-state index is 12.8. The summed E-state index contributed by atoms with van der Waals surface area (Å²) in [5.74, 6) is 0.464. The van der Waals surface area contributed by atoms with Crippen molar-refractivity contribution in [1.29, 1.82) is 0 Å². The van der Waals surface area contributed by atoms with Gasteiger partial charge in [0, 0.05) is 15.1 Å². The van der Waals surface area contributed by atoms with Crippen molar-refractivity contribution in [2.75, 3.05) is 12.0 Å². The number of benzene rings is 2. The number of carbonyl (C=O) groups is 1. The third-order valence-electron chi connectivity index (χ3n) is 3.39. The Bertz CT molecular complexity index is 918. The highest BCUT2D eigenvalue weighted by atomic mass is 79.9. The van der Waals surface area contributed by atoms with E-state index in [1.54, 1.807) is 37.5 Å². The molecule has 1 aliphatic heterocycles. The first-order chi connectivity index (χ1) is 11.9. The molecule has 1 amide bonds. The van der Waals surface area contributed by atoms with E-state index in [4.69, 9.17) is 28.6 Å². The van der Waals surface area contributed by atoms with Crippen LogP contribution in [0.2, 0.25) is 5.02 Å². The van der Waals surface area contributed by atoms with Crippen molar-refractivity contribution in [2.24, 2.45) is 0 Å². The fourth-order valence-electron chi connectivity index (χ4n) is 2.35. The summed E-state index contributed by atoms with van der Waals surface area (Å²) in [7, 11) is 1.59. The number of hydrogen-bond donors (Lipinski definition) is 0. The summed E-state index contributed by atoms with van der Waals surface area (Å²) in [5.41, 5.74) is 1.43. The van der Waals surface area contributed by atoms with Crippen LogP contribution in [0.15, 0.2) is 50.2 Å². The number of anilines is 1. The van der Waals surface area contributed by atoms with Crippen LogP contribution in [0.3, 0.4) is 0 Å². The Labute approximate surface area is 176 Å². The standard InChI is InChI=1S/C17H10Br2ClNO2S2/c1-23-15-9(5-10(18)7-13(15)19)6-14-16(22)21(17(24)25-14)12-4-2-3-11(20)8-12/h2-8H,1H3/b14-6+. The van der Waals surface area contributed by atoms with Crippen molar-refractivity contribution in [3.8, 4) is 5.75 Å². The van der Waals surface area contributed by atoms with Gasteiger partial charge in [-0.25, -0.2) is 0 Å². The molecule has 3 rings (SSSR count). The minimum absolute atomic E-state index is 0.185. The molecule has 0 atom stereocenters. The van der Waals surface area contributed by atoms with Gasteiger partial charge < -0.3 is 4.74 Å². The molecule has 0 radical (unpaired) electrons. The van der Waals surface area contributed by atoms with Crippen molar-refractivity contribution in [1.82, 2.24) is 0 Å². The van der Waals surface area contributed by atoms with E-state index < -0.39 is 0 Å². The maximum Gasteiger partial charge on any atom is 0.270 e. The summed E-state index contributed by atoms with van der Waals surface area (Å²) >= 11 is 19.6. The molecule has 1 saturated heterocycles. The SMILES string of the molecule is COc1c(Br)cc(Br)cc1/C=C1/SC(=S)N(c2cccc(Cl)c2)C1=O. The fraction of sp³-hybridized carbons (Fsp3) is 0.0588. The van der Waals surface area contributed by atoms with E-state index in [2.05, 4.69) is 31.9 Å². The summed E-state index contributed by atoms with van der Waals surface area (Å²) in [5, 5.41) is 0.549. The predicted molar refractivity (Wildman–Crippen MR) is 115 cm³/mol. The normalized spacial score (nSPS) is 16.0. The quantitative estimate of drug-likeness (QED) is 0.353. The topological polar surface area (TPSA) is 29.5 Å². The summed E-state index contributed by atoms with van der Waals surface area (Å²) < 4.78 is 7.56. The average Bonchev–Trinajstić information content (AvgIpc) is 2.81. The Morgan fingerprint density at radius 2 is 2.04 bits per heavy atom. The van der Waals surface area contributed by atoms with Gasteiger partial charge in [-0.1, -0.05) is 57.6 Å². The van der Waals surface area contributed by atoms with Crippen LogP contribution in [-0.4, -0.2) is 17.3 Å². The molecule has 0 N–H and O–H groups in total. The number of amides is 1. The zero-order valence-corrected chi connectivity index (χ0v) is 18.3. The molecule has 0 aliphatic carbocycles. The first-order valence-corrected chi connectivity index (χ1v) is 10.2. The second-order valence-corrected chi connectivity index (χ2v) is 8.89. The zero-order chi connectivity index (χ0) is 18.1. The van der Waals surface area contributed by atoms with Crippen LogP contribution in [0.4, 0.5) is 5.69 Å². The maximum atomic E-state index is 12.8. The molecule has 2 aromatic carbocycles.